The van der Waals surface area contributed by atoms with Crippen LogP contribution in [-0.4, -0.2) is 47.4 Å². The summed E-state index contributed by atoms with van der Waals surface area (Å²) in [5.74, 6) is -0.0232. The molecule has 2 unspecified atom stereocenters. The number of aliphatic hydroxyl groups is 2. The highest BCUT2D eigenvalue weighted by atomic mass is 16.5. The summed E-state index contributed by atoms with van der Waals surface area (Å²) in [6, 6.07) is -0.541. The zero-order valence-electron chi connectivity index (χ0n) is 43.5. The summed E-state index contributed by atoms with van der Waals surface area (Å²) in [7, 11) is 0. The molecule has 0 aromatic carbocycles. The molecule has 1 amide bonds. The Morgan fingerprint density at radius 1 is 0.375 bits per heavy atom. The van der Waals surface area contributed by atoms with Crippen LogP contribution in [0.15, 0.2) is 0 Å². The highest BCUT2D eigenvalue weighted by Gasteiger charge is 2.20. The molecule has 0 radical (unpaired) electrons. The van der Waals surface area contributed by atoms with Gasteiger partial charge in [0.05, 0.1) is 25.4 Å². The van der Waals surface area contributed by atoms with Gasteiger partial charge >= 0.3 is 5.97 Å². The Balaban J connectivity index is 3.37. The van der Waals surface area contributed by atoms with Crippen molar-refractivity contribution in [3.8, 4) is 0 Å². The van der Waals surface area contributed by atoms with E-state index in [4.69, 9.17) is 4.74 Å². The lowest BCUT2D eigenvalue weighted by atomic mass is 10.0. The molecule has 0 fully saturated rings. The molecule has 0 aromatic heterocycles. The molecule has 0 aromatic rings. The average Bonchev–Trinajstić information content (AvgIpc) is 3.29. The van der Waals surface area contributed by atoms with Crippen LogP contribution in [0.25, 0.3) is 0 Å². The second-order valence-electron chi connectivity index (χ2n) is 20.3. The maximum atomic E-state index is 12.5. The molecule has 0 aliphatic carbocycles. The molecule has 0 aliphatic rings. The number of hydrogen-bond acceptors (Lipinski definition) is 5. The molecule has 6 heteroatoms. The minimum Gasteiger partial charge on any atom is -0.466 e. The molecule has 0 heterocycles. The third-order valence-electron chi connectivity index (χ3n) is 13.9. The first kappa shape index (κ1) is 62.9. The fraction of sp³-hybridized carbons (Fsp3) is 0.966. The van der Waals surface area contributed by atoms with E-state index in [0.29, 0.717) is 25.9 Å². The van der Waals surface area contributed by atoms with Gasteiger partial charge < -0.3 is 20.3 Å². The lowest BCUT2D eigenvalue weighted by Gasteiger charge is -2.22. The van der Waals surface area contributed by atoms with Crippen LogP contribution in [0, 0.1) is 0 Å². The van der Waals surface area contributed by atoms with E-state index in [-0.39, 0.29) is 18.5 Å². The first-order valence-corrected chi connectivity index (χ1v) is 29.3. The van der Waals surface area contributed by atoms with Gasteiger partial charge in [-0.3, -0.25) is 9.59 Å². The highest BCUT2D eigenvalue weighted by Crippen LogP contribution is 2.18. The Labute approximate surface area is 400 Å². The molecule has 0 bridgehead atoms. The van der Waals surface area contributed by atoms with Crippen molar-refractivity contribution in [1.82, 2.24) is 5.32 Å². The molecule has 2 atom stereocenters. The topological polar surface area (TPSA) is 95.9 Å². The summed E-state index contributed by atoms with van der Waals surface area (Å²) in [6.45, 7) is 4.97. The third-order valence-corrected chi connectivity index (χ3v) is 13.9. The summed E-state index contributed by atoms with van der Waals surface area (Å²) in [5, 5.41) is 23.3. The van der Waals surface area contributed by atoms with E-state index < -0.39 is 12.1 Å². The predicted octanol–water partition coefficient (Wildman–Crippen LogP) is 17.9. The molecule has 0 saturated heterocycles. The lowest BCUT2D eigenvalue weighted by Crippen LogP contribution is -2.45. The number of amides is 1. The van der Waals surface area contributed by atoms with Gasteiger partial charge in [-0.25, -0.2) is 0 Å². The molecular weight excluding hydrogens is 791 g/mol. The molecule has 0 rings (SSSR count). The Kier molecular flexibility index (Phi) is 53.5. The van der Waals surface area contributed by atoms with Gasteiger partial charge in [0.1, 0.15) is 0 Å². The number of carbonyl (C=O) groups excluding carboxylic acids is 2. The Morgan fingerprint density at radius 3 is 0.953 bits per heavy atom. The smallest absolute Gasteiger partial charge is 0.305 e. The van der Waals surface area contributed by atoms with Crippen LogP contribution >= 0.6 is 0 Å². The van der Waals surface area contributed by atoms with Crippen molar-refractivity contribution in [2.75, 3.05) is 13.2 Å². The molecule has 0 saturated carbocycles. The molecular formula is C58H115NO5. The molecule has 0 aliphatic heterocycles. The minimum atomic E-state index is -0.664. The zero-order chi connectivity index (χ0) is 46.5. The first-order valence-electron chi connectivity index (χ1n) is 29.3. The molecule has 64 heavy (non-hydrogen) atoms. The van der Waals surface area contributed by atoms with Crippen molar-refractivity contribution >= 4 is 11.9 Å². The predicted molar refractivity (Wildman–Crippen MR) is 278 cm³/mol. The van der Waals surface area contributed by atoms with Gasteiger partial charge in [0.2, 0.25) is 5.91 Å². The van der Waals surface area contributed by atoms with Gasteiger partial charge in [-0.1, -0.05) is 296 Å². The number of ether oxygens (including phenoxy) is 1. The van der Waals surface area contributed by atoms with Crippen LogP contribution in [0.3, 0.4) is 0 Å². The summed E-state index contributed by atoms with van der Waals surface area (Å²) >= 11 is 0. The number of hydrogen-bond donors (Lipinski definition) is 3. The summed E-state index contributed by atoms with van der Waals surface area (Å²) in [5.41, 5.74) is 0. The van der Waals surface area contributed by atoms with Crippen molar-refractivity contribution in [3.05, 3.63) is 0 Å². The fourth-order valence-electron chi connectivity index (χ4n) is 9.41. The van der Waals surface area contributed by atoms with Crippen molar-refractivity contribution < 1.29 is 24.5 Å². The maximum absolute atomic E-state index is 12.5. The van der Waals surface area contributed by atoms with Crippen molar-refractivity contribution in [3.63, 3.8) is 0 Å². The highest BCUT2D eigenvalue weighted by molar-refractivity contribution is 5.76. The second kappa shape index (κ2) is 54.5. The Bertz CT molecular complexity index is 913. The second-order valence-corrected chi connectivity index (χ2v) is 20.3. The number of unbranched alkanes of at least 4 members (excludes halogenated alkanes) is 44. The van der Waals surface area contributed by atoms with Crippen LogP contribution in [0.2, 0.25) is 0 Å². The van der Waals surface area contributed by atoms with Crippen LogP contribution in [0.5, 0.6) is 0 Å². The number of rotatable bonds is 55. The SMILES string of the molecule is CCCCCCCCCCCCCCCCC(=O)OCCCCCCCCCCCCCCCCCCCCCC(=O)NC(CO)C(O)CCCCCCCCCCCCCCCC. The van der Waals surface area contributed by atoms with E-state index in [1.807, 2.05) is 0 Å². The van der Waals surface area contributed by atoms with Crippen molar-refractivity contribution in [2.24, 2.45) is 0 Å². The van der Waals surface area contributed by atoms with Gasteiger partial charge in [0.25, 0.3) is 0 Å². The van der Waals surface area contributed by atoms with Gasteiger partial charge in [0, 0.05) is 12.8 Å². The maximum Gasteiger partial charge on any atom is 0.305 e. The summed E-state index contributed by atoms with van der Waals surface area (Å²) < 4.78 is 5.48. The van der Waals surface area contributed by atoms with Crippen LogP contribution in [0.4, 0.5) is 0 Å². The van der Waals surface area contributed by atoms with Crippen molar-refractivity contribution in [2.45, 2.75) is 347 Å². The number of nitrogens with one attached hydrogen (secondary N) is 1. The largest absolute Gasteiger partial charge is 0.466 e. The minimum absolute atomic E-state index is 0.0122. The zero-order valence-corrected chi connectivity index (χ0v) is 43.5. The summed E-state index contributed by atoms with van der Waals surface area (Å²) in [6.07, 6.45) is 62.4. The van der Waals surface area contributed by atoms with E-state index >= 15 is 0 Å². The average molecular weight is 907 g/mol. The van der Waals surface area contributed by atoms with E-state index in [0.717, 1.165) is 38.5 Å². The van der Waals surface area contributed by atoms with Gasteiger partial charge in [-0.05, 0) is 25.7 Å². The van der Waals surface area contributed by atoms with E-state index in [1.54, 1.807) is 0 Å². The Hall–Kier alpha value is -1.14. The van der Waals surface area contributed by atoms with E-state index in [2.05, 4.69) is 19.2 Å². The summed E-state index contributed by atoms with van der Waals surface area (Å²) in [4.78, 5) is 24.5. The van der Waals surface area contributed by atoms with Gasteiger partial charge in [-0.15, -0.1) is 0 Å². The first-order chi connectivity index (χ1) is 31.5. The van der Waals surface area contributed by atoms with Crippen molar-refractivity contribution in [1.29, 1.82) is 0 Å². The van der Waals surface area contributed by atoms with Crippen LogP contribution < -0.4 is 5.32 Å². The Morgan fingerprint density at radius 2 is 0.641 bits per heavy atom. The third kappa shape index (κ3) is 50.3. The molecule has 3 N–H and O–H groups in total. The molecule has 6 nitrogen and oxygen atoms in total. The number of carbonyl (C=O) groups is 2. The number of aliphatic hydroxyl groups excluding tert-OH is 2. The monoisotopic (exact) mass is 906 g/mol. The van der Waals surface area contributed by atoms with E-state index in [9.17, 15) is 19.8 Å². The normalized spacial score (nSPS) is 12.5. The van der Waals surface area contributed by atoms with E-state index in [1.165, 1.54) is 263 Å². The molecule has 382 valence electrons. The standard InChI is InChI=1S/C58H115NO5/c1-3-5-7-9-11-13-15-17-26-30-34-38-42-46-50-56(61)55(54-60)59-57(62)51-47-43-39-35-31-27-24-22-20-19-21-23-25-29-33-37-41-45-49-53-64-58(63)52-48-44-40-36-32-28-18-16-14-12-10-8-6-4-2/h55-56,60-61H,3-54H2,1-2H3,(H,59,62). The van der Waals surface area contributed by atoms with Crippen LogP contribution in [-0.2, 0) is 14.3 Å². The van der Waals surface area contributed by atoms with Crippen LogP contribution in [0.1, 0.15) is 335 Å². The fourth-order valence-corrected chi connectivity index (χ4v) is 9.41. The lowest BCUT2D eigenvalue weighted by molar-refractivity contribution is -0.143. The van der Waals surface area contributed by atoms with Gasteiger partial charge in [-0.2, -0.15) is 0 Å². The number of esters is 1. The quantitative estimate of drug-likeness (QED) is 0.0417. The van der Waals surface area contributed by atoms with Gasteiger partial charge in [0.15, 0.2) is 0 Å². The molecule has 0 spiro atoms.